The highest BCUT2D eigenvalue weighted by Gasteiger charge is 2.54. The molecule has 3 aliphatic rings. The molecule has 2 N–H and O–H groups in total. The quantitative estimate of drug-likeness (QED) is 0.575. The van der Waals surface area contributed by atoms with Gasteiger partial charge in [-0.3, -0.25) is 9.59 Å². The molecule has 4 rings (SSSR count). The van der Waals surface area contributed by atoms with Crippen molar-refractivity contribution in [3.63, 3.8) is 0 Å². The number of esters is 2. The number of benzene rings is 1. The number of carbonyl (C=O) groups is 3. The van der Waals surface area contributed by atoms with E-state index >= 15 is 0 Å². The van der Waals surface area contributed by atoms with E-state index in [1.165, 1.54) is 18.2 Å². The SMILES string of the molecule is C=C1C(=O)O[C@@H]2[C@H]3C(CO)=CC(=O)C3=C(C)C[C@H](OC(=O)Cc3ccc(O)cc3)[C@H]12. The van der Waals surface area contributed by atoms with E-state index in [1.807, 2.05) is 0 Å². The predicted octanol–water partition coefficient (Wildman–Crippen LogP) is 1.78. The molecule has 0 saturated carbocycles. The van der Waals surface area contributed by atoms with Crippen LogP contribution in [0.15, 0.2) is 59.2 Å². The number of ether oxygens (including phenoxy) is 2. The van der Waals surface area contributed by atoms with Gasteiger partial charge in [-0.05, 0) is 36.3 Å². The highest BCUT2D eigenvalue weighted by atomic mass is 16.6. The summed E-state index contributed by atoms with van der Waals surface area (Å²) in [4.78, 5) is 37.5. The number of allylic oxidation sites excluding steroid dienone is 1. The number of phenolic OH excluding ortho intramolecular Hbond substituents is 1. The molecule has 1 fully saturated rings. The molecule has 1 saturated heterocycles. The molecule has 7 nitrogen and oxygen atoms in total. The minimum atomic E-state index is -0.756. The van der Waals surface area contributed by atoms with E-state index in [9.17, 15) is 24.6 Å². The molecular formula is C23H22O7. The number of aliphatic hydroxyl groups is 1. The number of aliphatic hydroxyl groups excluding tert-OH is 1. The minimum absolute atomic E-state index is 0.00474. The van der Waals surface area contributed by atoms with Crippen molar-refractivity contribution in [1.82, 2.24) is 0 Å². The van der Waals surface area contributed by atoms with Crippen LogP contribution in [-0.4, -0.2) is 46.7 Å². The Morgan fingerprint density at radius 2 is 1.97 bits per heavy atom. The first-order valence-corrected chi connectivity index (χ1v) is 9.72. The first kappa shape index (κ1) is 20.1. The summed E-state index contributed by atoms with van der Waals surface area (Å²) in [6.45, 7) is 5.31. The molecule has 1 aromatic rings. The predicted molar refractivity (Wildman–Crippen MR) is 105 cm³/mol. The molecule has 30 heavy (non-hydrogen) atoms. The average Bonchev–Trinajstić information content (AvgIpc) is 3.15. The summed E-state index contributed by atoms with van der Waals surface area (Å²) in [5.74, 6) is -2.37. The lowest BCUT2D eigenvalue weighted by atomic mass is 9.82. The first-order valence-electron chi connectivity index (χ1n) is 9.72. The zero-order chi connectivity index (χ0) is 21.6. The van der Waals surface area contributed by atoms with Crippen molar-refractivity contribution in [1.29, 1.82) is 0 Å². The molecule has 7 heteroatoms. The standard InChI is InChI=1S/C23H22O7/c1-11-7-17(29-18(27)8-13-3-5-15(25)6-4-13)20-12(2)23(28)30-22(20)21-14(10-24)9-16(26)19(11)21/h3-6,9,17,20-22,24-25H,2,7-8,10H2,1H3/t17-,20-,21-,22-/m0/s1. The highest BCUT2D eigenvalue weighted by Crippen LogP contribution is 2.48. The fraction of sp³-hybridized carbons (Fsp3) is 0.348. The topological polar surface area (TPSA) is 110 Å². The maximum Gasteiger partial charge on any atom is 0.334 e. The van der Waals surface area contributed by atoms with Gasteiger partial charge < -0.3 is 19.7 Å². The van der Waals surface area contributed by atoms with Crippen molar-refractivity contribution < 1.29 is 34.1 Å². The summed E-state index contributed by atoms with van der Waals surface area (Å²) in [6.07, 6.45) is 0.183. The molecule has 156 valence electrons. The lowest BCUT2D eigenvalue weighted by Gasteiger charge is -2.28. The Hall–Kier alpha value is -3.19. The third-order valence-electron chi connectivity index (χ3n) is 6.00. The maximum atomic E-state index is 12.6. The van der Waals surface area contributed by atoms with Gasteiger partial charge in [0.05, 0.1) is 18.9 Å². The molecular weight excluding hydrogens is 388 g/mol. The van der Waals surface area contributed by atoms with E-state index in [0.29, 0.717) is 16.7 Å². The Bertz CT molecular complexity index is 999. The molecule has 4 atom stereocenters. The van der Waals surface area contributed by atoms with Gasteiger partial charge in [-0.25, -0.2) is 4.79 Å². The van der Waals surface area contributed by atoms with Crippen molar-refractivity contribution in [2.24, 2.45) is 11.8 Å². The van der Waals surface area contributed by atoms with Crippen LogP contribution in [0.1, 0.15) is 18.9 Å². The number of rotatable bonds is 4. The molecule has 0 spiro atoms. The Morgan fingerprint density at radius 1 is 1.27 bits per heavy atom. The van der Waals surface area contributed by atoms with E-state index in [4.69, 9.17) is 9.47 Å². The second kappa shape index (κ2) is 7.57. The molecule has 1 aromatic carbocycles. The summed E-state index contributed by atoms with van der Waals surface area (Å²) in [7, 11) is 0. The lowest BCUT2D eigenvalue weighted by Crippen LogP contribution is -2.36. The number of fused-ring (bicyclic) bond motifs is 3. The van der Waals surface area contributed by atoms with Crippen LogP contribution in [0.5, 0.6) is 5.75 Å². The van der Waals surface area contributed by atoms with E-state index in [0.717, 1.165) is 5.57 Å². The first-order chi connectivity index (χ1) is 14.3. The second-order valence-electron chi connectivity index (χ2n) is 7.91. The number of hydrogen-bond donors (Lipinski definition) is 2. The Morgan fingerprint density at radius 3 is 2.63 bits per heavy atom. The fourth-order valence-electron chi connectivity index (χ4n) is 4.63. The van der Waals surface area contributed by atoms with Crippen molar-refractivity contribution >= 4 is 17.7 Å². The third-order valence-corrected chi connectivity index (χ3v) is 6.00. The van der Waals surface area contributed by atoms with Gasteiger partial charge in [-0.15, -0.1) is 0 Å². The zero-order valence-electron chi connectivity index (χ0n) is 16.5. The maximum absolute atomic E-state index is 12.6. The molecule has 0 radical (unpaired) electrons. The smallest absolute Gasteiger partial charge is 0.334 e. The van der Waals surface area contributed by atoms with Crippen LogP contribution >= 0.6 is 0 Å². The van der Waals surface area contributed by atoms with Crippen molar-refractivity contribution in [3.8, 4) is 5.75 Å². The van der Waals surface area contributed by atoms with Gasteiger partial charge in [-0.1, -0.05) is 24.3 Å². The van der Waals surface area contributed by atoms with Gasteiger partial charge in [0.1, 0.15) is 18.0 Å². The summed E-state index contributed by atoms with van der Waals surface area (Å²) in [6, 6.07) is 6.23. The molecule has 0 aromatic heterocycles. The van der Waals surface area contributed by atoms with Crippen LogP contribution in [0.25, 0.3) is 0 Å². The molecule has 0 bridgehead atoms. The number of ketones is 1. The number of hydrogen-bond acceptors (Lipinski definition) is 7. The Kier molecular flexibility index (Phi) is 5.07. The van der Waals surface area contributed by atoms with E-state index in [2.05, 4.69) is 6.58 Å². The minimum Gasteiger partial charge on any atom is -0.508 e. The Balaban J connectivity index is 1.63. The van der Waals surface area contributed by atoms with E-state index in [1.54, 1.807) is 19.1 Å². The fourth-order valence-corrected chi connectivity index (χ4v) is 4.63. The summed E-state index contributed by atoms with van der Waals surface area (Å²) < 4.78 is 11.3. The van der Waals surface area contributed by atoms with Gasteiger partial charge >= 0.3 is 11.9 Å². The molecule has 0 amide bonds. The largest absolute Gasteiger partial charge is 0.508 e. The van der Waals surface area contributed by atoms with Gasteiger partial charge in [0, 0.05) is 23.5 Å². The Labute approximate surface area is 173 Å². The van der Waals surface area contributed by atoms with E-state index in [-0.39, 0.29) is 36.6 Å². The number of carbonyl (C=O) groups excluding carboxylic acids is 3. The van der Waals surface area contributed by atoms with Crippen LogP contribution in [0.3, 0.4) is 0 Å². The second-order valence-corrected chi connectivity index (χ2v) is 7.91. The monoisotopic (exact) mass is 410 g/mol. The van der Waals surface area contributed by atoms with Crippen molar-refractivity contribution in [2.45, 2.75) is 32.0 Å². The van der Waals surface area contributed by atoms with Crippen LogP contribution in [0.4, 0.5) is 0 Å². The number of aromatic hydroxyl groups is 1. The number of phenols is 1. The normalized spacial score (nSPS) is 27.9. The molecule has 1 aliphatic heterocycles. The van der Waals surface area contributed by atoms with Crippen molar-refractivity contribution in [3.05, 3.63) is 64.8 Å². The molecule has 1 heterocycles. The van der Waals surface area contributed by atoms with Crippen LogP contribution in [-0.2, 0) is 30.3 Å². The van der Waals surface area contributed by atoms with Gasteiger partial charge in [0.15, 0.2) is 5.78 Å². The average molecular weight is 410 g/mol. The summed E-state index contributed by atoms with van der Waals surface area (Å²) >= 11 is 0. The van der Waals surface area contributed by atoms with Crippen LogP contribution < -0.4 is 0 Å². The van der Waals surface area contributed by atoms with Gasteiger partial charge in [-0.2, -0.15) is 0 Å². The van der Waals surface area contributed by atoms with Gasteiger partial charge in [0.25, 0.3) is 0 Å². The lowest BCUT2D eigenvalue weighted by molar-refractivity contribution is -0.152. The van der Waals surface area contributed by atoms with Crippen LogP contribution in [0, 0.1) is 11.8 Å². The summed E-state index contributed by atoms with van der Waals surface area (Å²) in [5.41, 5.74) is 2.60. The zero-order valence-corrected chi connectivity index (χ0v) is 16.5. The molecule has 0 unspecified atom stereocenters. The molecule has 2 aliphatic carbocycles. The van der Waals surface area contributed by atoms with Crippen LogP contribution in [0.2, 0.25) is 0 Å². The van der Waals surface area contributed by atoms with Gasteiger partial charge in [0.2, 0.25) is 0 Å². The highest BCUT2D eigenvalue weighted by molar-refractivity contribution is 6.09. The van der Waals surface area contributed by atoms with E-state index < -0.39 is 36.0 Å². The summed E-state index contributed by atoms with van der Waals surface area (Å²) in [5, 5.41) is 19.1. The van der Waals surface area contributed by atoms with Crippen molar-refractivity contribution in [2.75, 3.05) is 6.61 Å². The third kappa shape index (κ3) is 3.35.